The van der Waals surface area contributed by atoms with Crippen LogP contribution in [0.1, 0.15) is 27.8 Å². The summed E-state index contributed by atoms with van der Waals surface area (Å²) in [7, 11) is 0. The van der Waals surface area contributed by atoms with Crippen LogP contribution in [0.15, 0.2) is 163 Å². The second-order valence-electron chi connectivity index (χ2n) is 9.73. The molecule has 2 nitrogen and oxygen atoms in total. The first-order valence-corrected chi connectivity index (χ1v) is 13.3. The Bertz CT molecular complexity index is 1740. The highest BCUT2D eigenvalue weighted by Gasteiger charge is 2.39. The van der Waals surface area contributed by atoms with Crippen LogP contribution < -0.4 is 0 Å². The number of aliphatic hydroxyl groups is 1. The molecule has 0 aliphatic carbocycles. The second-order valence-corrected chi connectivity index (χ2v) is 9.73. The van der Waals surface area contributed by atoms with Crippen LogP contribution in [0.5, 0.6) is 5.75 Å². The molecular formula is C38H28O2. The molecule has 6 rings (SSSR count). The SMILES string of the molecule is Oc1ccc2ccccc2c1C(=C=C(c1ccccc1)c1ccccc1)C(O)(c1ccccc1)c1ccccc1. The summed E-state index contributed by atoms with van der Waals surface area (Å²) in [5.41, 5.74) is 7.13. The number of phenols is 1. The minimum absolute atomic E-state index is 0.0759. The number of fused-ring (bicyclic) bond motifs is 1. The number of benzene rings is 6. The molecule has 0 spiro atoms. The first kappa shape index (κ1) is 25.2. The van der Waals surface area contributed by atoms with E-state index in [2.05, 4.69) is 5.73 Å². The van der Waals surface area contributed by atoms with Crippen LogP contribution in [0.4, 0.5) is 0 Å². The van der Waals surface area contributed by atoms with Crippen molar-refractivity contribution < 1.29 is 10.2 Å². The fraction of sp³-hybridized carbons (Fsp3) is 0.0263. The van der Waals surface area contributed by atoms with E-state index in [1.165, 1.54) is 0 Å². The molecule has 0 unspecified atom stereocenters. The molecule has 2 heteroatoms. The monoisotopic (exact) mass is 516 g/mol. The van der Waals surface area contributed by atoms with Crippen molar-refractivity contribution in [2.24, 2.45) is 0 Å². The summed E-state index contributed by atoms with van der Waals surface area (Å²) in [6.45, 7) is 0. The summed E-state index contributed by atoms with van der Waals surface area (Å²) >= 11 is 0. The van der Waals surface area contributed by atoms with Crippen molar-refractivity contribution in [3.63, 3.8) is 0 Å². The molecule has 0 radical (unpaired) electrons. The van der Waals surface area contributed by atoms with Crippen molar-refractivity contribution in [3.8, 4) is 5.75 Å². The van der Waals surface area contributed by atoms with Crippen LogP contribution in [0.3, 0.4) is 0 Å². The molecule has 0 aliphatic heterocycles. The maximum Gasteiger partial charge on any atom is 0.148 e. The van der Waals surface area contributed by atoms with Crippen LogP contribution >= 0.6 is 0 Å². The van der Waals surface area contributed by atoms with Crippen molar-refractivity contribution in [2.75, 3.05) is 0 Å². The summed E-state index contributed by atoms with van der Waals surface area (Å²) in [6, 6.07) is 50.8. The summed E-state index contributed by atoms with van der Waals surface area (Å²) in [5, 5.41) is 26.4. The average Bonchev–Trinajstić information content (AvgIpc) is 3.03. The molecule has 0 heterocycles. The summed E-state index contributed by atoms with van der Waals surface area (Å²) in [4.78, 5) is 0. The van der Waals surface area contributed by atoms with E-state index in [4.69, 9.17) is 0 Å². The fourth-order valence-corrected chi connectivity index (χ4v) is 5.32. The molecule has 192 valence electrons. The van der Waals surface area contributed by atoms with Crippen molar-refractivity contribution in [1.82, 2.24) is 0 Å². The van der Waals surface area contributed by atoms with Crippen LogP contribution in [0, 0.1) is 0 Å². The quantitative estimate of drug-likeness (QED) is 0.218. The molecule has 0 amide bonds. The van der Waals surface area contributed by atoms with Gasteiger partial charge in [0, 0.05) is 16.7 Å². The van der Waals surface area contributed by atoms with Crippen LogP contribution in [0.25, 0.3) is 21.9 Å². The smallest absolute Gasteiger partial charge is 0.148 e. The largest absolute Gasteiger partial charge is 0.507 e. The van der Waals surface area contributed by atoms with Gasteiger partial charge < -0.3 is 10.2 Å². The Labute approximate surface area is 234 Å². The number of hydrogen-bond donors (Lipinski definition) is 2. The molecule has 0 aliphatic rings. The maximum atomic E-state index is 13.1. The van der Waals surface area contributed by atoms with Crippen LogP contribution in [-0.4, -0.2) is 10.2 Å². The Morgan fingerprint density at radius 2 is 0.950 bits per heavy atom. The summed E-state index contributed by atoms with van der Waals surface area (Å²) in [6.07, 6.45) is 0. The van der Waals surface area contributed by atoms with Crippen molar-refractivity contribution in [2.45, 2.75) is 5.60 Å². The predicted octanol–water partition coefficient (Wildman–Crippen LogP) is 8.60. The van der Waals surface area contributed by atoms with Crippen LogP contribution in [0.2, 0.25) is 0 Å². The molecule has 0 saturated heterocycles. The topological polar surface area (TPSA) is 40.5 Å². The number of rotatable bonds is 6. The maximum absolute atomic E-state index is 13.1. The van der Waals surface area contributed by atoms with Crippen molar-refractivity contribution in [1.29, 1.82) is 0 Å². The normalized spacial score (nSPS) is 11.1. The molecule has 40 heavy (non-hydrogen) atoms. The molecular weight excluding hydrogens is 488 g/mol. The standard InChI is InChI=1S/C38H28O2/c39-36-26-25-30-19-13-14-24-33(30)37(36)35(27-34(28-15-5-1-6-16-28)29-17-7-2-8-18-29)38(40,31-20-9-3-10-21-31)32-22-11-4-12-23-32/h1-26,39-40H. The van der Waals surface area contributed by atoms with E-state index in [1.807, 2.05) is 152 Å². The molecule has 0 aromatic heterocycles. The molecule has 0 bridgehead atoms. The minimum Gasteiger partial charge on any atom is -0.507 e. The highest BCUT2D eigenvalue weighted by atomic mass is 16.3. The Morgan fingerprint density at radius 3 is 1.48 bits per heavy atom. The zero-order valence-corrected chi connectivity index (χ0v) is 21.9. The lowest BCUT2D eigenvalue weighted by Crippen LogP contribution is -2.29. The Morgan fingerprint density at radius 1 is 0.500 bits per heavy atom. The Hall–Kier alpha value is -5.14. The summed E-state index contributed by atoms with van der Waals surface area (Å²) in [5.74, 6) is 0.0759. The molecule has 6 aromatic rings. The van der Waals surface area contributed by atoms with Gasteiger partial charge in [0.25, 0.3) is 0 Å². The van der Waals surface area contributed by atoms with Gasteiger partial charge in [-0.2, -0.15) is 0 Å². The van der Waals surface area contributed by atoms with Gasteiger partial charge >= 0.3 is 0 Å². The van der Waals surface area contributed by atoms with E-state index >= 15 is 0 Å². The first-order chi connectivity index (χ1) is 19.7. The number of aromatic hydroxyl groups is 1. The lowest BCUT2D eigenvalue weighted by Gasteiger charge is -2.32. The average molecular weight is 517 g/mol. The van der Waals surface area contributed by atoms with Crippen molar-refractivity contribution in [3.05, 3.63) is 191 Å². The van der Waals surface area contributed by atoms with E-state index in [0.29, 0.717) is 22.3 Å². The first-order valence-electron chi connectivity index (χ1n) is 13.3. The zero-order chi connectivity index (χ0) is 27.4. The van der Waals surface area contributed by atoms with Crippen LogP contribution in [-0.2, 0) is 5.60 Å². The fourth-order valence-electron chi connectivity index (χ4n) is 5.32. The molecule has 0 atom stereocenters. The lowest BCUT2D eigenvalue weighted by atomic mass is 9.75. The van der Waals surface area contributed by atoms with Gasteiger partial charge in [0.2, 0.25) is 0 Å². The highest BCUT2D eigenvalue weighted by molar-refractivity contribution is 6.00. The zero-order valence-electron chi connectivity index (χ0n) is 21.9. The van der Waals surface area contributed by atoms with E-state index in [-0.39, 0.29) is 5.75 Å². The van der Waals surface area contributed by atoms with Gasteiger partial charge in [-0.15, -0.1) is 5.73 Å². The summed E-state index contributed by atoms with van der Waals surface area (Å²) < 4.78 is 0. The molecule has 2 N–H and O–H groups in total. The Balaban J connectivity index is 1.85. The van der Waals surface area contributed by atoms with Gasteiger partial charge in [0.15, 0.2) is 0 Å². The van der Waals surface area contributed by atoms with E-state index in [0.717, 1.165) is 27.5 Å². The van der Waals surface area contributed by atoms with E-state index in [1.54, 1.807) is 6.07 Å². The third-order valence-electron chi connectivity index (χ3n) is 7.28. The van der Waals surface area contributed by atoms with Gasteiger partial charge in [-0.05, 0) is 39.1 Å². The number of phenolic OH excluding ortho intramolecular Hbond substituents is 1. The second kappa shape index (κ2) is 10.9. The lowest BCUT2D eigenvalue weighted by molar-refractivity contribution is 0.145. The Kier molecular flexibility index (Phi) is 6.87. The minimum atomic E-state index is -1.64. The van der Waals surface area contributed by atoms with Gasteiger partial charge in [-0.3, -0.25) is 0 Å². The number of hydrogen-bond acceptors (Lipinski definition) is 2. The van der Waals surface area contributed by atoms with Gasteiger partial charge in [-0.25, -0.2) is 0 Å². The molecule has 0 fully saturated rings. The molecule has 6 aromatic carbocycles. The third kappa shape index (κ3) is 4.63. The van der Waals surface area contributed by atoms with Crippen molar-refractivity contribution >= 4 is 21.9 Å². The van der Waals surface area contributed by atoms with Gasteiger partial charge in [0.05, 0.1) is 0 Å². The molecule has 0 saturated carbocycles. The van der Waals surface area contributed by atoms with Gasteiger partial charge in [-0.1, -0.05) is 152 Å². The van der Waals surface area contributed by atoms with E-state index in [9.17, 15) is 10.2 Å². The van der Waals surface area contributed by atoms with Gasteiger partial charge in [0.1, 0.15) is 11.4 Å². The third-order valence-corrected chi connectivity index (χ3v) is 7.28. The van der Waals surface area contributed by atoms with E-state index < -0.39 is 5.60 Å². The predicted molar refractivity (Wildman–Crippen MR) is 164 cm³/mol. The highest BCUT2D eigenvalue weighted by Crippen LogP contribution is 2.47.